The van der Waals surface area contributed by atoms with Crippen LogP contribution in [-0.2, 0) is 18.4 Å². The Morgan fingerprint density at radius 2 is 1.84 bits per heavy atom. The Kier molecular flexibility index (Phi) is 6.27. The molecule has 4 rings (SSSR count). The van der Waals surface area contributed by atoms with Gasteiger partial charge in [0.1, 0.15) is 0 Å². The Bertz CT molecular complexity index is 1020. The zero-order valence-electron chi connectivity index (χ0n) is 18.9. The Labute approximate surface area is 188 Å². The molecule has 0 atom stereocenters. The maximum Gasteiger partial charge on any atom is 0.276 e. The van der Waals surface area contributed by atoms with Gasteiger partial charge in [-0.3, -0.25) is 24.0 Å². The van der Waals surface area contributed by atoms with E-state index in [-0.39, 0.29) is 23.4 Å². The first-order valence-corrected chi connectivity index (χ1v) is 11.0. The highest BCUT2D eigenvalue weighted by atomic mass is 16.2. The Hall–Kier alpha value is -3.20. The largest absolute Gasteiger partial charge is 0.343 e. The van der Waals surface area contributed by atoms with Crippen molar-refractivity contribution in [2.75, 3.05) is 45.6 Å². The molecule has 9 nitrogen and oxygen atoms in total. The van der Waals surface area contributed by atoms with Gasteiger partial charge in [0.25, 0.3) is 11.8 Å². The minimum atomic E-state index is -0.285. The van der Waals surface area contributed by atoms with Crippen LogP contribution in [0.25, 0.3) is 0 Å². The fourth-order valence-electron chi connectivity index (χ4n) is 3.93. The second-order valence-electron chi connectivity index (χ2n) is 8.79. The van der Waals surface area contributed by atoms with Crippen molar-refractivity contribution in [2.45, 2.75) is 19.4 Å². The van der Waals surface area contributed by atoms with Gasteiger partial charge in [0.15, 0.2) is 5.69 Å². The summed E-state index contributed by atoms with van der Waals surface area (Å²) in [7, 11) is 5.00. The van der Waals surface area contributed by atoms with E-state index in [4.69, 9.17) is 0 Å². The molecule has 1 aliphatic heterocycles. The average molecular weight is 439 g/mol. The highest BCUT2D eigenvalue weighted by Gasteiger charge is 2.34. The quantitative estimate of drug-likeness (QED) is 0.737. The molecule has 1 saturated carbocycles. The van der Waals surface area contributed by atoms with Crippen LogP contribution in [0.4, 0.5) is 5.69 Å². The normalized spacial score (nSPS) is 16.7. The van der Waals surface area contributed by atoms with Crippen molar-refractivity contribution in [3.05, 3.63) is 47.3 Å². The molecule has 2 aromatic rings. The monoisotopic (exact) mass is 438 g/mol. The molecule has 1 saturated heterocycles. The lowest BCUT2D eigenvalue weighted by Gasteiger charge is -2.35. The average Bonchev–Trinajstić information content (AvgIpc) is 3.56. The summed E-state index contributed by atoms with van der Waals surface area (Å²) in [6.45, 7) is 3.92. The number of aromatic nitrogens is 2. The lowest BCUT2D eigenvalue weighted by atomic mass is 10.1. The van der Waals surface area contributed by atoms with Gasteiger partial charge in [0.05, 0.1) is 5.69 Å². The molecule has 9 heteroatoms. The lowest BCUT2D eigenvalue weighted by molar-refractivity contribution is -0.134. The van der Waals surface area contributed by atoms with Gasteiger partial charge in [0.2, 0.25) is 5.91 Å². The van der Waals surface area contributed by atoms with Crippen LogP contribution in [0.5, 0.6) is 0 Å². The van der Waals surface area contributed by atoms with Crippen molar-refractivity contribution in [3.8, 4) is 0 Å². The van der Waals surface area contributed by atoms with Crippen LogP contribution in [0, 0.1) is 5.92 Å². The molecule has 0 spiro atoms. The predicted molar refractivity (Wildman–Crippen MR) is 120 cm³/mol. The minimum absolute atomic E-state index is 0.209. The standard InChI is InChI=1S/C23H30N6O3/c1-26(2)23(32)20-19(15-27(3)25-20)24-21(30)18-6-4-5-16(13-18)14-28-9-11-29(12-10-28)22(31)17-7-8-17/h4-6,13,15,17H,7-12,14H2,1-3H3,(H,24,30). The summed E-state index contributed by atoms with van der Waals surface area (Å²) in [4.78, 5) is 43.2. The zero-order chi connectivity index (χ0) is 22.8. The van der Waals surface area contributed by atoms with Crippen molar-refractivity contribution in [1.29, 1.82) is 0 Å². The summed E-state index contributed by atoms with van der Waals surface area (Å²) < 4.78 is 1.51. The Balaban J connectivity index is 1.37. The zero-order valence-corrected chi connectivity index (χ0v) is 18.9. The molecule has 1 aromatic heterocycles. The van der Waals surface area contributed by atoms with E-state index in [1.165, 1.54) is 9.58 Å². The third kappa shape index (κ3) is 4.99. The smallest absolute Gasteiger partial charge is 0.276 e. The number of hydrogen-bond acceptors (Lipinski definition) is 5. The molecular weight excluding hydrogens is 408 g/mol. The van der Waals surface area contributed by atoms with Crippen molar-refractivity contribution in [2.24, 2.45) is 13.0 Å². The number of anilines is 1. The maximum atomic E-state index is 12.9. The predicted octanol–water partition coefficient (Wildman–Crippen LogP) is 1.43. The molecule has 3 amide bonds. The van der Waals surface area contributed by atoms with Gasteiger partial charge in [-0.25, -0.2) is 0 Å². The number of amides is 3. The second kappa shape index (κ2) is 9.12. The number of piperazine rings is 1. The summed E-state index contributed by atoms with van der Waals surface area (Å²) in [6.07, 6.45) is 3.70. The molecule has 2 fully saturated rings. The lowest BCUT2D eigenvalue weighted by Crippen LogP contribution is -2.48. The van der Waals surface area contributed by atoms with Crippen molar-refractivity contribution < 1.29 is 14.4 Å². The Morgan fingerprint density at radius 3 is 2.50 bits per heavy atom. The van der Waals surface area contributed by atoms with Gasteiger partial charge >= 0.3 is 0 Å². The first-order valence-electron chi connectivity index (χ1n) is 11.0. The van der Waals surface area contributed by atoms with Crippen LogP contribution in [0.15, 0.2) is 30.5 Å². The van der Waals surface area contributed by atoms with Gasteiger partial charge in [-0.05, 0) is 30.5 Å². The molecule has 32 heavy (non-hydrogen) atoms. The van der Waals surface area contributed by atoms with E-state index >= 15 is 0 Å². The molecule has 1 aromatic carbocycles. The van der Waals surface area contributed by atoms with E-state index in [1.807, 2.05) is 23.1 Å². The molecular formula is C23H30N6O3. The van der Waals surface area contributed by atoms with E-state index < -0.39 is 0 Å². The fraction of sp³-hybridized carbons (Fsp3) is 0.478. The van der Waals surface area contributed by atoms with E-state index in [2.05, 4.69) is 15.3 Å². The summed E-state index contributed by atoms with van der Waals surface area (Å²) >= 11 is 0. The highest BCUT2D eigenvalue weighted by Crippen LogP contribution is 2.31. The molecule has 0 unspecified atom stereocenters. The van der Waals surface area contributed by atoms with Gasteiger partial charge < -0.3 is 15.1 Å². The first kappa shape index (κ1) is 22.0. The van der Waals surface area contributed by atoms with E-state index in [0.29, 0.717) is 17.2 Å². The van der Waals surface area contributed by atoms with E-state index in [1.54, 1.807) is 33.4 Å². The number of nitrogens with one attached hydrogen (secondary N) is 1. The van der Waals surface area contributed by atoms with Crippen molar-refractivity contribution in [1.82, 2.24) is 24.5 Å². The second-order valence-corrected chi connectivity index (χ2v) is 8.79. The van der Waals surface area contributed by atoms with Crippen molar-refractivity contribution >= 4 is 23.4 Å². The van der Waals surface area contributed by atoms with Gasteiger partial charge in [-0.15, -0.1) is 0 Å². The van der Waals surface area contributed by atoms with Crippen LogP contribution in [0.3, 0.4) is 0 Å². The summed E-state index contributed by atoms with van der Waals surface area (Å²) in [5, 5.41) is 7.00. The van der Waals surface area contributed by atoms with Gasteiger partial charge in [0, 0.05) is 71.5 Å². The third-order valence-corrected chi connectivity index (χ3v) is 5.89. The SMILES string of the molecule is CN(C)C(=O)c1nn(C)cc1NC(=O)c1cccc(CN2CCN(C(=O)C3CC3)CC2)c1. The van der Waals surface area contributed by atoms with E-state index in [9.17, 15) is 14.4 Å². The van der Waals surface area contributed by atoms with Crippen LogP contribution in [0.1, 0.15) is 39.3 Å². The number of nitrogens with zero attached hydrogens (tertiary/aromatic N) is 5. The number of carbonyl (C=O) groups excluding carboxylic acids is 3. The summed E-state index contributed by atoms with van der Waals surface area (Å²) in [6, 6.07) is 7.51. The van der Waals surface area contributed by atoms with Crippen LogP contribution in [-0.4, -0.2) is 82.5 Å². The Morgan fingerprint density at radius 1 is 1.12 bits per heavy atom. The first-order chi connectivity index (χ1) is 15.3. The number of hydrogen-bond donors (Lipinski definition) is 1. The molecule has 1 N–H and O–H groups in total. The van der Waals surface area contributed by atoms with Crippen LogP contribution >= 0.6 is 0 Å². The number of carbonyl (C=O) groups is 3. The van der Waals surface area contributed by atoms with Gasteiger partial charge in [-0.1, -0.05) is 12.1 Å². The maximum absolute atomic E-state index is 12.9. The number of rotatable bonds is 6. The number of aryl methyl sites for hydroxylation is 1. The summed E-state index contributed by atoms with van der Waals surface area (Å²) in [5.41, 5.74) is 2.16. The fourth-order valence-corrected chi connectivity index (χ4v) is 3.93. The third-order valence-electron chi connectivity index (χ3n) is 5.89. The molecule has 1 aliphatic carbocycles. The topological polar surface area (TPSA) is 90.8 Å². The highest BCUT2D eigenvalue weighted by molar-refractivity contribution is 6.08. The van der Waals surface area contributed by atoms with Crippen LogP contribution in [0.2, 0.25) is 0 Å². The summed E-state index contributed by atoms with van der Waals surface area (Å²) in [5.74, 6) is 0.0254. The minimum Gasteiger partial charge on any atom is -0.343 e. The molecule has 0 bridgehead atoms. The van der Waals surface area contributed by atoms with Gasteiger partial charge in [-0.2, -0.15) is 5.10 Å². The van der Waals surface area contributed by atoms with Crippen LogP contribution < -0.4 is 5.32 Å². The van der Waals surface area contributed by atoms with Crippen molar-refractivity contribution in [3.63, 3.8) is 0 Å². The molecule has 2 heterocycles. The van der Waals surface area contributed by atoms with E-state index in [0.717, 1.165) is 51.1 Å². The number of benzene rings is 1. The molecule has 0 radical (unpaired) electrons. The molecule has 170 valence electrons. The molecule has 2 aliphatic rings.